The van der Waals surface area contributed by atoms with Gasteiger partial charge in [0, 0.05) is 17.6 Å². The molecule has 1 aromatic carbocycles. The predicted molar refractivity (Wildman–Crippen MR) is 75.9 cm³/mol. The second kappa shape index (κ2) is 6.84. The molecule has 1 aliphatic rings. The van der Waals surface area contributed by atoms with Gasteiger partial charge in [0.05, 0.1) is 5.92 Å². The molecule has 0 aromatic heterocycles. The van der Waals surface area contributed by atoms with E-state index in [1.54, 1.807) is 12.1 Å². The zero-order valence-corrected chi connectivity index (χ0v) is 11.8. The Morgan fingerprint density at radius 1 is 1.45 bits per heavy atom. The van der Waals surface area contributed by atoms with Crippen molar-refractivity contribution in [2.24, 2.45) is 5.92 Å². The summed E-state index contributed by atoms with van der Waals surface area (Å²) in [5.41, 5.74) is 0.674. The van der Waals surface area contributed by atoms with Crippen molar-refractivity contribution >= 4 is 5.97 Å². The molecule has 3 nitrogen and oxygen atoms in total. The molecular weight excluding hydrogens is 257 g/mol. The molecule has 3 atom stereocenters. The number of carboxylic acids is 1. The number of halogens is 1. The van der Waals surface area contributed by atoms with E-state index in [1.165, 1.54) is 6.07 Å². The molecule has 2 N–H and O–H groups in total. The van der Waals surface area contributed by atoms with Gasteiger partial charge in [-0.1, -0.05) is 31.5 Å². The predicted octanol–water partition coefficient (Wildman–Crippen LogP) is 3.51. The maximum Gasteiger partial charge on any atom is 0.306 e. The van der Waals surface area contributed by atoms with Crippen LogP contribution in [0.25, 0.3) is 0 Å². The first-order valence-corrected chi connectivity index (χ1v) is 7.35. The lowest BCUT2D eigenvalue weighted by molar-refractivity contribution is -0.143. The van der Waals surface area contributed by atoms with Gasteiger partial charge in [-0.05, 0) is 31.7 Å². The molecule has 1 saturated carbocycles. The number of nitrogens with one attached hydrogen (secondary N) is 1. The van der Waals surface area contributed by atoms with Gasteiger partial charge in [-0.25, -0.2) is 4.39 Å². The third-order valence-electron chi connectivity index (χ3n) is 4.15. The average Bonchev–Trinajstić information content (AvgIpc) is 2.46. The number of rotatable bonds is 5. The summed E-state index contributed by atoms with van der Waals surface area (Å²) in [5, 5.41) is 12.6. The summed E-state index contributed by atoms with van der Waals surface area (Å²) < 4.78 is 13.9. The van der Waals surface area contributed by atoms with E-state index in [1.807, 2.05) is 13.0 Å². The monoisotopic (exact) mass is 279 g/mol. The Hall–Kier alpha value is -1.42. The normalized spacial score (nSPS) is 24.3. The van der Waals surface area contributed by atoms with Gasteiger partial charge < -0.3 is 10.4 Å². The number of carboxylic acid groups (broad SMARTS) is 1. The SMILES string of the molecule is CCC(NC1CCCC(C(=O)O)C1)c1ccccc1F. The van der Waals surface area contributed by atoms with E-state index in [0.717, 1.165) is 25.7 Å². The lowest BCUT2D eigenvalue weighted by Gasteiger charge is -2.31. The molecule has 0 saturated heterocycles. The van der Waals surface area contributed by atoms with Crippen molar-refractivity contribution in [1.29, 1.82) is 0 Å². The van der Waals surface area contributed by atoms with Crippen molar-refractivity contribution in [3.63, 3.8) is 0 Å². The molecule has 20 heavy (non-hydrogen) atoms. The molecule has 0 amide bonds. The minimum absolute atomic E-state index is 0.0475. The van der Waals surface area contributed by atoms with Gasteiger partial charge in [0.15, 0.2) is 0 Å². The van der Waals surface area contributed by atoms with Gasteiger partial charge in [0.2, 0.25) is 0 Å². The highest BCUT2D eigenvalue weighted by molar-refractivity contribution is 5.70. The Morgan fingerprint density at radius 2 is 2.20 bits per heavy atom. The van der Waals surface area contributed by atoms with E-state index >= 15 is 0 Å². The number of hydrogen-bond acceptors (Lipinski definition) is 2. The number of benzene rings is 1. The second-order valence-electron chi connectivity index (χ2n) is 5.55. The van der Waals surface area contributed by atoms with E-state index in [4.69, 9.17) is 5.11 Å². The Morgan fingerprint density at radius 3 is 2.85 bits per heavy atom. The number of aliphatic carboxylic acids is 1. The first-order valence-electron chi connectivity index (χ1n) is 7.35. The van der Waals surface area contributed by atoms with Crippen LogP contribution in [0.15, 0.2) is 24.3 Å². The molecule has 0 heterocycles. The van der Waals surface area contributed by atoms with Gasteiger partial charge in [-0.15, -0.1) is 0 Å². The Bertz CT molecular complexity index is 464. The molecular formula is C16H22FNO2. The summed E-state index contributed by atoms with van der Waals surface area (Å²) in [6.07, 6.45) is 4.07. The first kappa shape index (κ1) is 15.0. The van der Waals surface area contributed by atoms with Crippen LogP contribution in [-0.4, -0.2) is 17.1 Å². The fourth-order valence-corrected chi connectivity index (χ4v) is 3.04. The van der Waals surface area contributed by atoms with Crippen molar-refractivity contribution in [2.45, 2.75) is 51.1 Å². The Kier molecular flexibility index (Phi) is 5.12. The fraction of sp³-hybridized carbons (Fsp3) is 0.562. The van der Waals surface area contributed by atoms with E-state index in [2.05, 4.69) is 5.32 Å². The third-order valence-corrected chi connectivity index (χ3v) is 4.15. The summed E-state index contributed by atoms with van der Waals surface area (Å²) in [6.45, 7) is 2.02. The number of hydrogen-bond donors (Lipinski definition) is 2. The molecule has 0 radical (unpaired) electrons. The molecule has 1 aromatic rings. The summed E-state index contributed by atoms with van der Waals surface area (Å²) in [5.74, 6) is -1.17. The third kappa shape index (κ3) is 3.57. The summed E-state index contributed by atoms with van der Waals surface area (Å²) >= 11 is 0. The van der Waals surface area contributed by atoms with E-state index < -0.39 is 5.97 Å². The van der Waals surface area contributed by atoms with Gasteiger partial charge in [0.25, 0.3) is 0 Å². The maximum atomic E-state index is 13.9. The van der Waals surface area contributed by atoms with Crippen molar-refractivity contribution in [2.75, 3.05) is 0 Å². The van der Waals surface area contributed by atoms with Crippen molar-refractivity contribution in [1.82, 2.24) is 5.32 Å². The van der Waals surface area contributed by atoms with Crippen LogP contribution < -0.4 is 5.32 Å². The zero-order valence-electron chi connectivity index (χ0n) is 11.8. The second-order valence-corrected chi connectivity index (χ2v) is 5.55. The highest BCUT2D eigenvalue weighted by Crippen LogP contribution is 2.28. The van der Waals surface area contributed by atoms with Crippen molar-refractivity contribution in [3.8, 4) is 0 Å². The van der Waals surface area contributed by atoms with Crippen LogP contribution in [0.2, 0.25) is 0 Å². The molecule has 110 valence electrons. The van der Waals surface area contributed by atoms with E-state index in [9.17, 15) is 9.18 Å². The topological polar surface area (TPSA) is 49.3 Å². The van der Waals surface area contributed by atoms with E-state index in [0.29, 0.717) is 12.0 Å². The van der Waals surface area contributed by atoms with Gasteiger partial charge in [-0.2, -0.15) is 0 Å². The highest BCUT2D eigenvalue weighted by atomic mass is 19.1. The van der Waals surface area contributed by atoms with Crippen LogP contribution in [0, 0.1) is 11.7 Å². The quantitative estimate of drug-likeness (QED) is 0.867. The van der Waals surface area contributed by atoms with Crippen molar-refractivity contribution < 1.29 is 14.3 Å². The summed E-state index contributed by atoms with van der Waals surface area (Å²) in [4.78, 5) is 11.1. The summed E-state index contributed by atoms with van der Waals surface area (Å²) in [6, 6.07) is 6.91. The minimum atomic E-state index is -0.713. The molecule has 0 bridgehead atoms. The number of carbonyl (C=O) groups is 1. The van der Waals surface area contributed by atoms with E-state index in [-0.39, 0.29) is 23.8 Å². The largest absolute Gasteiger partial charge is 0.481 e. The minimum Gasteiger partial charge on any atom is -0.481 e. The smallest absolute Gasteiger partial charge is 0.306 e. The lowest BCUT2D eigenvalue weighted by atomic mass is 9.85. The van der Waals surface area contributed by atoms with Gasteiger partial charge in [0.1, 0.15) is 5.82 Å². The maximum absolute atomic E-state index is 13.9. The lowest BCUT2D eigenvalue weighted by Crippen LogP contribution is -2.38. The zero-order chi connectivity index (χ0) is 14.5. The van der Waals surface area contributed by atoms with Crippen LogP contribution in [0.1, 0.15) is 50.6 Å². The highest BCUT2D eigenvalue weighted by Gasteiger charge is 2.28. The average molecular weight is 279 g/mol. The van der Waals surface area contributed by atoms with Gasteiger partial charge >= 0.3 is 5.97 Å². The fourth-order valence-electron chi connectivity index (χ4n) is 3.04. The molecule has 1 fully saturated rings. The molecule has 0 aliphatic heterocycles. The first-order chi connectivity index (χ1) is 9.61. The Balaban J connectivity index is 2.03. The van der Waals surface area contributed by atoms with Crippen LogP contribution >= 0.6 is 0 Å². The molecule has 2 rings (SSSR count). The van der Waals surface area contributed by atoms with Crippen LogP contribution in [0.5, 0.6) is 0 Å². The van der Waals surface area contributed by atoms with Crippen LogP contribution in [-0.2, 0) is 4.79 Å². The van der Waals surface area contributed by atoms with Crippen LogP contribution in [0.4, 0.5) is 4.39 Å². The standard InChI is InChI=1S/C16H22FNO2/c1-2-15(13-8-3-4-9-14(13)17)18-12-7-5-6-11(10-12)16(19)20/h3-4,8-9,11-12,15,18H,2,5-7,10H2,1H3,(H,19,20). The van der Waals surface area contributed by atoms with Crippen molar-refractivity contribution in [3.05, 3.63) is 35.6 Å². The molecule has 4 heteroatoms. The molecule has 3 unspecified atom stereocenters. The molecule has 1 aliphatic carbocycles. The van der Waals surface area contributed by atoms with Gasteiger partial charge in [-0.3, -0.25) is 4.79 Å². The Labute approximate surface area is 119 Å². The van der Waals surface area contributed by atoms with Crippen LogP contribution in [0.3, 0.4) is 0 Å². The summed E-state index contributed by atoms with van der Waals surface area (Å²) in [7, 11) is 0. The molecule has 0 spiro atoms.